The summed E-state index contributed by atoms with van der Waals surface area (Å²) >= 11 is 6.03. The molecule has 1 aromatic heterocycles. The summed E-state index contributed by atoms with van der Waals surface area (Å²) in [5.41, 5.74) is 2.07. The van der Waals surface area contributed by atoms with Crippen LogP contribution in [0.15, 0.2) is 24.4 Å². The Kier molecular flexibility index (Phi) is 2.79. The molecule has 1 heterocycles. The maximum Gasteiger partial charge on any atom is 0.338 e. The van der Waals surface area contributed by atoms with Crippen molar-refractivity contribution in [2.45, 2.75) is 6.92 Å². The molecule has 2 rings (SSSR count). The van der Waals surface area contributed by atoms with Gasteiger partial charge in [-0.15, -0.1) is 0 Å². The number of rotatable bonds is 1. The van der Waals surface area contributed by atoms with Crippen LogP contribution in [0, 0.1) is 6.92 Å². The molecule has 0 amide bonds. The number of esters is 1. The Bertz CT molecular complexity index is 566. The average molecular weight is 236 g/mol. The number of aromatic nitrogens is 1. The third kappa shape index (κ3) is 1.63. The Labute approximate surface area is 98.0 Å². The van der Waals surface area contributed by atoms with Crippen molar-refractivity contribution in [3.63, 3.8) is 0 Å². The molecule has 3 nitrogen and oxygen atoms in total. The van der Waals surface area contributed by atoms with E-state index in [4.69, 9.17) is 16.3 Å². The van der Waals surface area contributed by atoms with Gasteiger partial charge in [0.15, 0.2) is 0 Å². The van der Waals surface area contributed by atoms with Gasteiger partial charge in [-0.25, -0.2) is 4.79 Å². The van der Waals surface area contributed by atoms with Crippen molar-refractivity contribution >= 4 is 28.5 Å². The summed E-state index contributed by atoms with van der Waals surface area (Å²) in [7, 11) is 1.36. The van der Waals surface area contributed by atoms with Crippen molar-refractivity contribution in [2.75, 3.05) is 7.11 Å². The summed E-state index contributed by atoms with van der Waals surface area (Å²) in [5, 5.41) is 1.29. The molecule has 16 heavy (non-hydrogen) atoms. The van der Waals surface area contributed by atoms with E-state index in [1.54, 1.807) is 18.3 Å². The summed E-state index contributed by atoms with van der Waals surface area (Å²) in [5.74, 6) is -0.377. The molecule has 0 saturated carbocycles. The lowest BCUT2D eigenvalue weighted by atomic mass is 10.0. The molecule has 82 valence electrons. The molecule has 2 aromatic rings. The molecular weight excluding hydrogens is 226 g/mol. The average Bonchev–Trinajstić information content (AvgIpc) is 2.32. The molecule has 1 aromatic carbocycles. The molecule has 0 radical (unpaired) electrons. The van der Waals surface area contributed by atoms with Crippen LogP contribution in [-0.4, -0.2) is 18.1 Å². The Morgan fingerprint density at radius 2 is 2.12 bits per heavy atom. The molecule has 0 saturated heterocycles. The fourth-order valence-corrected chi connectivity index (χ4v) is 1.89. The largest absolute Gasteiger partial charge is 0.465 e. The number of hydrogen-bond donors (Lipinski definition) is 0. The highest BCUT2D eigenvalue weighted by Crippen LogP contribution is 2.27. The number of ether oxygens (including phenoxy) is 1. The van der Waals surface area contributed by atoms with Gasteiger partial charge in [-0.05, 0) is 24.6 Å². The number of carbonyl (C=O) groups excluding carboxylic acids is 1. The molecule has 0 fully saturated rings. The lowest BCUT2D eigenvalue weighted by Gasteiger charge is -2.07. The zero-order valence-corrected chi connectivity index (χ0v) is 9.71. The Morgan fingerprint density at radius 3 is 2.81 bits per heavy atom. The van der Waals surface area contributed by atoms with E-state index in [-0.39, 0.29) is 5.97 Å². The SMILES string of the molecule is COC(=O)c1ccnc2c(Cl)ccc(C)c12. The quantitative estimate of drug-likeness (QED) is 0.714. The van der Waals surface area contributed by atoms with Gasteiger partial charge in [0.25, 0.3) is 0 Å². The van der Waals surface area contributed by atoms with Crippen LogP contribution < -0.4 is 0 Å². The molecule has 0 N–H and O–H groups in total. The minimum absolute atomic E-state index is 0.377. The second kappa shape index (κ2) is 4.10. The lowest BCUT2D eigenvalue weighted by Crippen LogP contribution is -2.03. The molecule has 0 unspecified atom stereocenters. The van der Waals surface area contributed by atoms with Gasteiger partial charge in [0.2, 0.25) is 0 Å². The van der Waals surface area contributed by atoms with Crippen LogP contribution in [0.5, 0.6) is 0 Å². The first-order valence-corrected chi connectivity index (χ1v) is 5.15. The highest BCUT2D eigenvalue weighted by Gasteiger charge is 2.14. The molecule has 0 bridgehead atoms. The molecular formula is C12H10ClNO2. The summed E-state index contributed by atoms with van der Waals surface area (Å²) in [6.07, 6.45) is 1.56. The topological polar surface area (TPSA) is 39.2 Å². The number of halogens is 1. The normalized spacial score (nSPS) is 10.4. The van der Waals surface area contributed by atoms with Crippen LogP contribution in [0.2, 0.25) is 5.02 Å². The van der Waals surface area contributed by atoms with E-state index in [1.807, 2.05) is 13.0 Å². The van der Waals surface area contributed by atoms with E-state index in [1.165, 1.54) is 7.11 Å². The fourth-order valence-electron chi connectivity index (χ4n) is 1.68. The number of carbonyl (C=O) groups is 1. The molecule has 0 aliphatic carbocycles. The lowest BCUT2D eigenvalue weighted by molar-refractivity contribution is 0.0603. The Morgan fingerprint density at radius 1 is 1.38 bits per heavy atom. The monoisotopic (exact) mass is 235 g/mol. The minimum Gasteiger partial charge on any atom is -0.465 e. The molecule has 0 aliphatic heterocycles. The van der Waals surface area contributed by atoms with Crippen LogP contribution in [-0.2, 0) is 4.74 Å². The predicted molar refractivity (Wildman–Crippen MR) is 62.8 cm³/mol. The van der Waals surface area contributed by atoms with Crippen molar-refractivity contribution in [1.29, 1.82) is 0 Å². The van der Waals surface area contributed by atoms with E-state index >= 15 is 0 Å². The van der Waals surface area contributed by atoms with Gasteiger partial charge < -0.3 is 4.74 Å². The number of hydrogen-bond acceptors (Lipinski definition) is 3. The predicted octanol–water partition coefficient (Wildman–Crippen LogP) is 2.98. The van der Waals surface area contributed by atoms with E-state index in [0.717, 1.165) is 10.9 Å². The summed E-state index contributed by atoms with van der Waals surface area (Å²) < 4.78 is 4.73. The van der Waals surface area contributed by atoms with E-state index < -0.39 is 0 Å². The van der Waals surface area contributed by atoms with Crippen LogP contribution >= 0.6 is 11.6 Å². The van der Waals surface area contributed by atoms with E-state index in [2.05, 4.69) is 4.98 Å². The summed E-state index contributed by atoms with van der Waals surface area (Å²) in [6, 6.07) is 5.27. The second-order valence-corrected chi connectivity index (χ2v) is 3.85. The van der Waals surface area contributed by atoms with Crippen LogP contribution in [0.4, 0.5) is 0 Å². The number of pyridine rings is 1. The maximum absolute atomic E-state index is 11.6. The maximum atomic E-state index is 11.6. The number of methoxy groups -OCH3 is 1. The van der Waals surface area contributed by atoms with Gasteiger partial charge in [0.1, 0.15) is 0 Å². The molecule has 0 aliphatic rings. The Balaban J connectivity index is 2.86. The fraction of sp³-hybridized carbons (Fsp3) is 0.167. The van der Waals surface area contributed by atoms with Crippen molar-refractivity contribution in [3.05, 3.63) is 40.5 Å². The third-order valence-electron chi connectivity index (χ3n) is 2.46. The van der Waals surface area contributed by atoms with Crippen LogP contribution in [0.1, 0.15) is 15.9 Å². The highest BCUT2D eigenvalue weighted by molar-refractivity contribution is 6.35. The zero-order valence-electron chi connectivity index (χ0n) is 8.95. The number of nitrogens with zero attached hydrogens (tertiary/aromatic N) is 1. The van der Waals surface area contributed by atoms with Crippen molar-refractivity contribution < 1.29 is 9.53 Å². The van der Waals surface area contributed by atoms with Crippen LogP contribution in [0.25, 0.3) is 10.9 Å². The number of fused-ring (bicyclic) bond motifs is 1. The molecule has 0 spiro atoms. The molecule has 0 atom stereocenters. The first kappa shape index (κ1) is 10.9. The summed E-state index contributed by atoms with van der Waals surface area (Å²) in [6.45, 7) is 1.91. The van der Waals surface area contributed by atoms with Gasteiger partial charge in [-0.2, -0.15) is 0 Å². The van der Waals surface area contributed by atoms with Crippen molar-refractivity contribution in [2.24, 2.45) is 0 Å². The van der Waals surface area contributed by atoms with Crippen LogP contribution in [0.3, 0.4) is 0 Å². The van der Waals surface area contributed by atoms with Gasteiger partial charge in [0, 0.05) is 11.6 Å². The number of aryl methyl sites for hydroxylation is 1. The zero-order chi connectivity index (χ0) is 11.7. The number of benzene rings is 1. The first-order valence-electron chi connectivity index (χ1n) is 4.77. The summed E-state index contributed by atoms with van der Waals surface area (Å²) in [4.78, 5) is 15.8. The standard InChI is InChI=1S/C12H10ClNO2/c1-7-3-4-9(13)11-10(7)8(5-6-14-11)12(15)16-2/h3-6H,1-2H3. The first-order chi connectivity index (χ1) is 7.65. The van der Waals surface area contributed by atoms with Gasteiger partial charge in [-0.3, -0.25) is 4.98 Å². The Hall–Kier alpha value is -1.61. The second-order valence-electron chi connectivity index (χ2n) is 3.44. The van der Waals surface area contributed by atoms with E-state index in [9.17, 15) is 4.79 Å². The van der Waals surface area contributed by atoms with Crippen molar-refractivity contribution in [1.82, 2.24) is 4.98 Å². The third-order valence-corrected chi connectivity index (χ3v) is 2.76. The van der Waals surface area contributed by atoms with Gasteiger partial charge in [-0.1, -0.05) is 17.7 Å². The van der Waals surface area contributed by atoms with Gasteiger partial charge in [0.05, 0.1) is 23.2 Å². The van der Waals surface area contributed by atoms with Gasteiger partial charge >= 0.3 is 5.97 Å². The van der Waals surface area contributed by atoms with E-state index in [0.29, 0.717) is 16.1 Å². The van der Waals surface area contributed by atoms with Crippen molar-refractivity contribution in [3.8, 4) is 0 Å². The molecule has 4 heteroatoms. The smallest absolute Gasteiger partial charge is 0.338 e. The minimum atomic E-state index is -0.377. The highest BCUT2D eigenvalue weighted by atomic mass is 35.5.